The molecule has 0 aliphatic heterocycles. The average molecular weight is 286 g/mol. The minimum absolute atomic E-state index is 0.166. The van der Waals surface area contributed by atoms with Gasteiger partial charge in [-0.25, -0.2) is 4.79 Å². The Kier molecular flexibility index (Phi) is 7.20. The fraction of sp³-hybridized carbons (Fsp3) is 0.800. The van der Waals surface area contributed by atoms with Crippen LogP contribution in [0.5, 0.6) is 0 Å². The number of hydrogen-bond donors (Lipinski definition) is 2. The van der Waals surface area contributed by atoms with Crippen molar-refractivity contribution in [2.24, 2.45) is 0 Å². The number of carbonyl (C=O) groups excluding carboxylic acids is 1. The number of urea groups is 1. The van der Waals surface area contributed by atoms with E-state index in [-0.39, 0.29) is 19.6 Å². The lowest BCUT2D eigenvalue weighted by molar-refractivity contribution is -0.140. The van der Waals surface area contributed by atoms with Crippen LogP contribution in [0.1, 0.15) is 13.3 Å². The molecular weight excluding hydrogens is 269 g/mol. The number of carbonyl (C=O) groups is 2. The largest absolute Gasteiger partial charge is 0.481 e. The van der Waals surface area contributed by atoms with Gasteiger partial charge in [-0.2, -0.15) is 13.2 Å². The first-order chi connectivity index (χ1) is 8.65. The molecule has 9 heteroatoms. The van der Waals surface area contributed by atoms with E-state index in [1.165, 1.54) is 0 Å². The molecule has 0 rings (SSSR count). The van der Waals surface area contributed by atoms with Crippen molar-refractivity contribution in [1.82, 2.24) is 10.2 Å². The van der Waals surface area contributed by atoms with Crippen LogP contribution in [0.25, 0.3) is 0 Å². The van der Waals surface area contributed by atoms with E-state index in [2.05, 4.69) is 5.32 Å². The third kappa shape index (κ3) is 9.11. The SMILES string of the molecule is CCOC(CNC(=O)N(C)CC(F)(F)F)CC(=O)O. The third-order valence-corrected chi connectivity index (χ3v) is 2.05. The van der Waals surface area contributed by atoms with Crippen LogP contribution in [-0.4, -0.2) is 61.0 Å². The first kappa shape index (κ1) is 17.5. The van der Waals surface area contributed by atoms with Gasteiger partial charge in [-0.3, -0.25) is 4.79 Å². The third-order valence-electron chi connectivity index (χ3n) is 2.05. The summed E-state index contributed by atoms with van der Waals surface area (Å²) in [6, 6.07) is -0.938. The number of carboxylic acids is 1. The first-order valence-corrected chi connectivity index (χ1v) is 5.54. The molecule has 0 aliphatic rings. The highest BCUT2D eigenvalue weighted by atomic mass is 19.4. The molecule has 0 saturated carbocycles. The predicted octanol–water partition coefficient (Wildman–Crippen LogP) is 1.07. The number of nitrogens with one attached hydrogen (secondary N) is 1. The zero-order chi connectivity index (χ0) is 15.1. The lowest BCUT2D eigenvalue weighted by atomic mass is 10.2. The minimum atomic E-state index is -4.48. The number of halogens is 3. The summed E-state index contributed by atoms with van der Waals surface area (Å²) in [5.74, 6) is -1.11. The van der Waals surface area contributed by atoms with Crippen molar-refractivity contribution in [3.05, 3.63) is 0 Å². The van der Waals surface area contributed by atoms with Gasteiger partial charge in [-0.15, -0.1) is 0 Å². The monoisotopic (exact) mass is 286 g/mol. The van der Waals surface area contributed by atoms with Gasteiger partial charge in [0, 0.05) is 20.2 Å². The van der Waals surface area contributed by atoms with Crippen LogP contribution in [0, 0.1) is 0 Å². The summed E-state index contributed by atoms with van der Waals surface area (Å²) in [6.07, 6.45) is -5.59. The van der Waals surface area contributed by atoms with Crippen molar-refractivity contribution in [2.45, 2.75) is 25.6 Å². The molecule has 1 atom stereocenters. The summed E-state index contributed by atoms with van der Waals surface area (Å²) in [4.78, 5) is 22.3. The average Bonchev–Trinajstić information content (AvgIpc) is 2.22. The van der Waals surface area contributed by atoms with Gasteiger partial charge in [0.2, 0.25) is 0 Å². The molecule has 0 aromatic rings. The second-order valence-electron chi connectivity index (χ2n) is 3.83. The maximum atomic E-state index is 12.0. The lowest BCUT2D eigenvalue weighted by Crippen LogP contribution is -2.45. The maximum Gasteiger partial charge on any atom is 0.406 e. The van der Waals surface area contributed by atoms with Gasteiger partial charge in [0.1, 0.15) is 6.54 Å². The molecule has 0 bridgehead atoms. The van der Waals surface area contributed by atoms with Crippen molar-refractivity contribution in [2.75, 3.05) is 26.7 Å². The Bertz CT molecular complexity index is 310. The van der Waals surface area contributed by atoms with Gasteiger partial charge >= 0.3 is 18.2 Å². The second kappa shape index (κ2) is 7.82. The number of rotatable bonds is 7. The molecule has 0 fully saturated rings. The van der Waals surface area contributed by atoms with Crippen molar-refractivity contribution in [1.29, 1.82) is 0 Å². The van der Waals surface area contributed by atoms with E-state index in [1.807, 2.05) is 0 Å². The number of hydrogen-bond acceptors (Lipinski definition) is 3. The summed E-state index contributed by atoms with van der Waals surface area (Å²) in [6.45, 7) is 0.344. The highest BCUT2D eigenvalue weighted by Gasteiger charge is 2.31. The summed E-state index contributed by atoms with van der Waals surface area (Å²) >= 11 is 0. The van der Waals surface area contributed by atoms with Crippen LogP contribution in [0.4, 0.5) is 18.0 Å². The van der Waals surface area contributed by atoms with Crippen molar-refractivity contribution in [3.8, 4) is 0 Å². The van der Waals surface area contributed by atoms with Gasteiger partial charge in [-0.1, -0.05) is 0 Å². The summed E-state index contributed by atoms with van der Waals surface area (Å²) in [5, 5.41) is 10.8. The Labute approximate surface area is 108 Å². The molecule has 0 spiro atoms. The van der Waals surface area contributed by atoms with E-state index in [1.54, 1.807) is 6.92 Å². The normalized spacial score (nSPS) is 12.9. The summed E-state index contributed by atoms with van der Waals surface area (Å²) in [7, 11) is 0.996. The molecule has 0 heterocycles. The van der Waals surface area contributed by atoms with Gasteiger partial charge in [0.15, 0.2) is 0 Å². The van der Waals surface area contributed by atoms with Crippen LogP contribution in [-0.2, 0) is 9.53 Å². The first-order valence-electron chi connectivity index (χ1n) is 5.54. The maximum absolute atomic E-state index is 12.0. The highest BCUT2D eigenvalue weighted by Crippen LogP contribution is 2.15. The fourth-order valence-corrected chi connectivity index (χ4v) is 1.30. The van der Waals surface area contributed by atoms with E-state index < -0.39 is 30.8 Å². The molecule has 0 radical (unpaired) electrons. The molecule has 0 saturated heterocycles. The molecule has 6 nitrogen and oxygen atoms in total. The zero-order valence-corrected chi connectivity index (χ0v) is 10.7. The molecule has 19 heavy (non-hydrogen) atoms. The summed E-state index contributed by atoms with van der Waals surface area (Å²) < 4.78 is 41.1. The summed E-state index contributed by atoms with van der Waals surface area (Å²) in [5.41, 5.74) is 0. The number of ether oxygens (including phenoxy) is 1. The highest BCUT2D eigenvalue weighted by molar-refractivity contribution is 5.74. The van der Waals surface area contributed by atoms with Crippen LogP contribution in [0.3, 0.4) is 0 Å². The van der Waals surface area contributed by atoms with Crippen LogP contribution >= 0.6 is 0 Å². The Hall–Kier alpha value is -1.51. The minimum Gasteiger partial charge on any atom is -0.481 e. The van der Waals surface area contributed by atoms with Gasteiger partial charge in [0.25, 0.3) is 0 Å². The standard InChI is InChI=1S/C10H17F3N2O4/c1-3-19-7(4-8(16)17)5-14-9(18)15(2)6-10(11,12)13/h7H,3-6H2,1-2H3,(H,14,18)(H,16,17). The molecule has 0 aromatic heterocycles. The van der Waals surface area contributed by atoms with Crippen molar-refractivity contribution in [3.63, 3.8) is 0 Å². The number of aliphatic carboxylic acids is 1. The quantitative estimate of drug-likeness (QED) is 0.733. The smallest absolute Gasteiger partial charge is 0.406 e. The topological polar surface area (TPSA) is 78.9 Å². The van der Waals surface area contributed by atoms with Crippen LogP contribution < -0.4 is 5.32 Å². The van der Waals surface area contributed by atoms with E-state index >= 15 is 0 Å². The lowest BCUT2D eigenvalue weighted by Gasteiger charge is -2.21. The molecule has 2 N–H and O–H groups in total. The number of amides is 2. The Morgan fingerprint density at radius 2 is 2.00 bits per heavy atom. The predicted molar refractivity (Wildman–Crippen MR) is 59.8 cm³/mol. The zero-order valence-electron chi connectivity index (χ0n) is 10.7. The molecule has 0 aliphatic carbocycles. The second-order valence-corrected chi connectivity index (χ2v) is 3.83. The van der Waals surface area contributed by atoms with Gasteiger partial charge in [0.05, 0.1) is 12.5 Å². The molecular formula is C10H17F3N2O4. The van der Waals surface area contributed by atoms with Crippen molar-refractivity contribution >= 4 is 12.0 Å². The van der Waals surface area contributed by atoms with Crippen molar-refractivity contribution < 1.29 is 32.6 Å². The molecule has 112 valence electrons. The Morgan fingerprint density at radius 3 is 2.42 bits per heavy atom. The molecule has 2 amide bonds. The number of alkyl halides is 3. The van der Waals surface area contributed by atoms with Gasteiger partial charge < -0.3 is 20.1 Å². The van der Waals surface area contributed by atoms with E-state index in [0.29, 0.717) is 4.90 Å². The van der Waals surface area contributed by atoms with E-state index in [9.17, 15) is 22.8 Å². The van der Waals surface area contributed by atoms with E-state index in [0.717, 1.165) is 7.05 Å². The Balaban J connectivity index is 4.20. The van der Waals surface area contributed by atoms with E-state index in [4.69, 9.17) is 9.84 Å². The molecule has 1 unspecified atom stereocenters. The fourth-order valence-electron chi connectivity index (χ4n) is 1.30. The number of nitrogens with zero attached hydrogens (tertiary/aromatic N) is 1. The molecule has 0 aromatic carbocycles. The van der Waals surface area contributed by atoms with Gasteiger partial charge in [-0.05, 0) is 6.92 Å². The van der Waals surface area contributed by atoms with Crippen LogP contribution in [0.2, 0.25) is 0 Å². The van der Waals surface area contributed by atoms with Crippen LogP contribution in [0.15, 0.2) is 0 Å². The Morgan fingerprint density at radius 1 is 1.42 bits per heavy atom. The number of carboxylic acid groups (broad SMARTS) is 1.